The molecule has 0 N–H and O–H groups in total. The van der Waals surface area contributed by atoms with E-state index in [1.54, 1.807) is 18.2 Å². The van der Waals surface area contributed by atoms with Crippen LogP contribution in [0.5, 0.6) is 5.75 Å². The molecular weight excluding hydrogens is 340 g/mol. The first kappa shape index (κ1) is 16.3. The molecule has 2 fully saturated rings. The average Bonchev–Trinajstić information content (AvgIpc) is 3.23. The number of halogens is 1. The van der Waals surface area contributed by atoms with Gasteiger partial charge in [-0.3, -0.25) is 9.59 Å². The van der Waals surface area contributed by atoms with Crippen LogP contribution in [0.15, 0.2) is 35.5 Å². The molecule has 6 heteroatoms. The Balaban J connectivity index is 1.52. The maximum absolute atomic E-state index is 12.6. The number of hydrazone groups is 1. The molecule has 5 nitrogen and oxygen atoms in total. The van der Waals surface area contributed by atoms with Gasteiger partial charge in [-0.1, -0.05) is 23.8 Å². The van der Waals surface area contributed by atoms with E-state index >= 15 is 0 Å². The number of ether oxygens (including phenoxy) is 1. The van der Waals surface area contributed by atoms with Gasteiger partial charge in [-0.2, -0.15) is 10.1 Å². The molecule has 3 aliphatic rings. The van der Waals surface area contributed by atoms with Crippen molar-refractivity contribution in [3.63, 3.8) is 0 Å². The summed E-state index contributed by atoms with van der Waals surface area (Å²) in [5.74, 6) is 0.138. The number of hydrogen-bond donors (Lipinski definition) is 0. The van der Waals surface area contributed by atoms with Crippen LogP contribution in [0.2, 0.25) is 5.02 Å². The van der Waals surface area contributed by atoms with E-state index in [0.717, 1.165) is 11.4 Å². The lowest BCUT2D eigenvalue weighted by Crippen LogP contribution is -2.28. The quantitative estimate of drug-likeness (QED) is 0.471. The molecule has 0 aromatic heterocycles. The molecule has 0 radical (unpaired) electrons. The molecule has 25 heavy (non-hydrogen) atoms. The van der Waals surface area contributed by atoms with Crippen LogP contribution in [-0.2, 0) is 9.59 Å². The predicted molar refractivity (Wildman–Crippen MR) is 94.4 cm³/mol. The van der Waals surface area contributed by atoms with Crippen molar-refractivity contribution in [1.29, 1.82) is 0 Å². The number of amides is 2. The summed E-state index contributed by atoms with van der Waals surface area (Å²) in [7, 11) is 0. The first-order chi connectivity index (χ1) is 12.0. The van der Waals surface area contributed by atoms with Gasteiger partial charge in [0.25, 0.3) is 11.8 Å². The molecule has 1 aromatic rings. The Bertz CT molecular complexity index is 772. The Morgan fingerprint density at radius 2 is 1.84 bits per heavy atom. The number of carbonyl (C=O) groups excluding carboxylic acids is 2. The third kappa shape index (κ3) is 2.67. The number of fused-ring (bicyclic) bond motifs is 5. The zero-order valence-electron chi connectivity index (χ0n) is 14.1. The van der Waals surface area contributed by atoms with Crippen LogP contribution in [0, 0.1) is 23.7 Å². The van der Waals surface area contributed by atoms with Gasteiger partial charge < -0.3 is 4.74 Å². The van der Waals surface area contributed by atoms with Crippen molar-refractivity contribution in [2.45, 2.75) is 26.4 Å². The number of rotatable bonds is 4. The SMILES string of the molecule is CC(C)Oc1ccc(C=NN2C(=O)C3C4C=CC(C4)C3C2=O)cc1Cl. The molecule has 1 saturated carbocycles. The summed E-state index contributed by atoms with van der Waals surface area (Å²) in [5.41, 5.74) is 0.708. The number of imide groups is 1. The lowest BCUT2D eigenvalue weighted by molar-refractivity contribution is -0.140. The van der Waals surface area contributed by atoms with E-state index in [9.17, 15) is 9.59 Å². The molecular formula is C19H19ClN2O3. The molecule has 4 unspecified atom stereocenters. The van der Waals surface area contributed by atoms with Crippen LogP contribution in [0.1, 0.15) is 25.8 Å². The summed E-state index contributed by atoms with van der Waals surface area (Å²) >= 11 is 6.21. The molecule has 2 amide bonds. The Kier molecular flexibility index (Phi) is 3.91. The molecule has 1 aromatic carbocycles. The summed E-state index contributed by atoms with van der Waals surface area (Å²) in [6.07, 6.45) is 6.57. The van der Waals surface area contributed by atoms with Gasteiger partial charge in [0.2, 0.25) is 0 Å². The molecule has 1 saturated heterocycles. The highest BCUT2D eigenvalue weighted by molar-refractivity contribution is 6.32. The van der Waals surface area contributed by atoms with Crippen LogP contribution in [0.25, 0.3) is 0 Å². The lowest BCUT2D eigenvalue weighted by Gasteiger charge is -2.13. The van der Waals surface area contributed by atoms with Gasteiger partial charge in [0.05, 0.1) is 29.2 Å². The number of allylic oxidation sites excluding steroid dienone is 2. The van der Waals surface area contributed by atoms with Gasteiger partial charge >= 0.3 is 0 Å². The predicted octanol–water partition coefficient (Wildman–Crippen LogP) is 3.27. The minimum absolute atomic E-state index is 0.0280. The van der Waals surface area contributed by atoms with Crippen molar-refractivity contribution in [2.24, 2.45) is 28.8 Å². The molecule has 2 bridgehead atoms. The van der Waals surface area contributed by atoms with Crippen LogP contribution in [0.4, 0.5) is 0 Å². The third-order valence-corrected chi connectivity index (χ3v) is 5.38. The summed E-state index contributed by atoms with van der Waals surface area (Å²) in [4.78, 5) is 25.1. The van der Waals surface area contributed by atoms with Crippen LogP contribution in [0.3, 0.4) is 0 Å². The Morgan fingerprint density at radius 1 is 1.20 bits per heavy atom. The van der Waals surface area contributed by atoms with Crippen molar-refractivity contribution in [1.82, 2.24) is 5.01 Å². The second-order valence-corrected chi connectivity index (χ2v) is 7.50. The molecule has 130 valence electrons. The van der Waals surface area contributed by atoms with Gasteiger partial charge in [-0.25, -0.2) is 0 Å². The van der Waals surface area contributed by atoms with Gasteiger partial charge in [-0.15, -0.1) is 0 Å². The molecule has 0 spiro atoms. The number of carbonyl (C=O) groups is 2. The van der Waals surface area contributed by atoms with Crippen molar-refractivity contribution in [2.75, 3.05) is 0 Å². The second kappa shape index (κ2) is 5.99. The highest BCUT2D eigenvalue weighted by atomic mass is 35.5. The second-order valence-electron chi connectivity index (χ2n) is 7.09. The maximum atomic E-state index is 12.6. The van der Waals surface area contributed by atoms with E-state index < -0.39 is 0 Å². The Morgan fingerprint density at radius 3 is 2.40 bits per heavy atom. The zero-order valence-corrected chi connectivity index (χ0v) is 14.8. The van der Waals surface area contributed by atoms with Gasteiger partial charge in [0.15, 0.2) is 0 Å². The van der Waals surface area contributed by atoms with E-state index in [4.69, 9.17) is 16.3 Å². The van der Waals surface area contributed by atoms with E-state index in [1.165, 1.54) is 6.21 Å². The highest BCUT2D eigenvalue weighted by Crippen LogP contribution is 2.52. The average molecular weight is 359 g/mol. The van der Waals surface area contributed by atoms with Gasteiger partial charge in [0, 0.05) is 0 Å². The third-order valence-electron chi connectivity index (χ3n) is 5.09. The van der Waals surface area contributed by atoms with Gasteiger partial charge in [-0.05, 0) is 55.9 Å². The Labute approximate surface area is 151 Å². The van der Waals surface area contributed by atoms with Gasteiger partial charge in [0.1, 0.15) is 5.75 Å². The van der Waals surface area contributed by atoms with E-state index in [2.05, 4.69) is 17.3 Å². The van der Waals surface area contributed by atoms with Crippen molar-refractivity contribution in [3.05, 3.63) is 40.9 Å². The van der Waals surface area contributed by atoms with Crippen LogP contribution in [-0.4, -0.2) is 29.1 Å². The zero-order chi connectivity index (χ0) is 17.7. The highest BCUT2D eigenvalue weighted by Gasteiger charge is 2.59. The molecule has 1 heterocycles. The standard InChI is InChI=1S/C19H19ClN2O3/c1-10(2)25-15-6-3-11(7-14(15)20)9-21-22-18(23)16-12-4-5-13(8-12)17(16)19(22)24/h3-7,9-10,12-13,16-17H,8H2,1-2H3. The van der Waals surface area contributed by atoms with Crippen molar-refractivity contribution in [3.8, 4) is 5.75 Å². The molecule has 4 atom stereocenters. The number of nitrogens with zero attached hydrogens (tertiary/aromatic N) is 2. The first-order valence-electron chi connectivity index (χ1n) is 8.52. The summed E-state index contributed by atoms with van der Waals surface area (Å²) in [6, 6.07) is 5.26. The smallest absolute Gasteiger partial charge is 0.254 e. The van der Waals surface area contributed by atoms with Crippen molar-refractivity contribution >= 4 is 29.6 Å². The minimum Gasteiger partial charge on any atom is -0.489 e. The largest absolute Gasteiger partial charge is 0.489 e. The monoisotopic (exact) mass is 358 g/mol. The topological polar surface area (TPSA) is 59.0 Å². The normalized spacial score (nSPS) is 30.2. The summed E-state index contributed by atoms with van der Waals surface area (Å²) < 4.78 is 5.59. The fourth-order valence-electron chi connectivity index (χ4n) is 4.07. The van der Waals surface area contributed by atoms with Crippen LogP contribution < -0.4 is 4.74 Å². The lowest BCUT2D eigenvalue weighted by atomic mass is 9.85. The number of hydrogen-bond acceptors (Lipinski definition) is 4. The van der Waals surface area contributed by atoms with E-state index in [1.807, 2.05) is 13.8 Å². The molecule has 1 aliphatic heterocycles. The molecule has 4 rings (SSSR count). The molecule has 2 aliphatic carbocycles. The van der Waals surface area contributed by atoms with Crippen molar-refractivity contribution < 1.29 is 14.3 Å². The van der Waals surface area contributed by atoms with E-state index in [-0.39, 0.29) is 41.6 Å². The minimum atomic E-state index is -0.231. The van der Waals surface area contributed by atoms with Crippen LogP contribution >= 0.6 is 11.6 Å². The first-order valence-corrected chi connectivity index (χ1v) is 8.90. The maximum Gasteiger partial charge on any atom is 0.254 e. The fourth-order valence-corrected chi connectivity index (χ4v) is 4.31. The Hall–Kier alpha value is -2.14. The van der Waals surface area contributed by atoms with E-state index in [0.29, 0.717) is 16.3 Å². The fraction of sp³-hybridized carbons (Fsp3) is 0.421. The summed E-state index contributed by atoms with van der Waals surface area (Å²) in [6.45, 7) is 3.85. The number of benzene rings is 1. The summed E-state index contributed by atoms with van der Waals surface area (Å²) in [5, 5.41) is 5.65.